The number of Topliss-reactive ketones (excluding diaryl/α,β-unsaturated/α-hetero) is 1. The Balaban J connectivity index is 2.10. The number of aryl methyl sites for hydroxylation is 1. The summed E-state index contributed by atoms with van der Waals surface area (Å²) in [4.78, 5) is 16.9. The number of rotatable bonds is 9. The molecule has 0 spiro atoms. The van der Waals surface area contributed by atoms with Crippen LogP contribution in [-0.2, 0) is 10.0 Å². The highest BCUT2D eigenvalue weighted by Crippen LogP contribution is 2.24. The van der Waals surface area contributed by atoms with E-state index in [1.54, 1.807) is 32.0 Å². The number of nitrogens with zero attached hydrogens (tertiary/aromatic N) is 2. The minimum Gasteiger partial charge on any atom is -0.496 e. The number of ketones is 1. The summed E-state index contributed by atoms with van der Waals surface area (Å²) in [7, 11) is -1.99. The van der Waals surface area contributed by atoms with Crippen molar-refractivity contribution in [3.05, 3.63) is 47.7 Å². The van der Waals surface area contributed by atoms with E-state index in [1.807, 2.05) is 13.0 Å². The number of benzene rings is 1. The van der Waals surface area contributed by atoms with Gasteiger partial charge in [0.25, 0.3) is 0 Å². The first-order valence-corrected chi connectivity index (χ1v) is 11.0. The second kappa shape index (κ2) is 9.34. The third-order valence-corrected chi connectivity index (χ3v) is 7.04. The van der Waals surface area contributed by atoms with Gasteiger partial charge in [0, 0.05) is 19.3 Å². The van der Waals surface area contributed by atoms with E-state index in [1.165, 1.54) is 35.4 Å². The average molecular weight is 409 g/mol. The molecule has 1 aromatic carbocycles. The van der Waals surface area contributed by atoms with Crippen molar-refractivity contribution >= 4 is 27.6 Å². The summed E-state index contributed by atoms with van der Waals surface area (Å²) in [5.74, 6) is 0.664. The number of methoxy groups -OCH3 is 1. The zero-order chi connectivity index (χ0) is 20.0. The Kier molecular flexibility index (Phi) is 7.41. The molecule has 0 bridgehead atoms. The van der Waals surface area contributed by atoms with Gasteiger partial charge in [0.2, 0.25) is 10.0 Å². The van der Waals surface area contributed by atoms with Crippen LogP contribution >= 0.6 is 11.8 Å². The van der Waals surface area contributed by atoms with Gasteiger partial charge < -0.3 is 4.74 Å². The fourth-order valence-corrected chi connectivity index (χ4v) is 4.70. The second-order valence-electron chi connectivity index (χ2n) is 5.84. The van der Waals surface area contributed by atoms with E-state index >= 15 is 0 Å². The quantitative estimate of drug-likeness (QED) is 0.467. The molecule has 0 radical (unpaired) electrons. The monoisotopic (exact) mass is 408 g/mol. The Morgan fingerprint density at radius 1 is 1.19 bits per heavy atom. The van der Waals surface area contributed by atoms with Gasteiger partial charge in [-0.25, -0.2) is 13.4 Å². The standard InChI is InChI=1S/C19H24N2O4S2/c1-5-21(6-2)27(23,24)15-8-10-19(20-12-15)26-13-17(22)16-11-14(3)7-9-18(16)25-4/h7-12H,5-6,13H2,1-4H3. The van der Waals surface area contributed by atoms with Gasteiger partial charge in [0.15, 0.2) is 5.78 Å². The largest absolute Gasteiger partial charge is 0.496 e. The van der Waals surface area contributed by atoms with E-state index in [-0.39, 0.29) is 16.4 Å². The maximum atomic E-state index is 12.5. The molecule has 0 saturated carbocycles. The number of thioether (sulfide) groups is 1. The third-order valence-electron chi connectivity index (χ3n) is 4.06. The molecule has 0 aliphatic heterocycles. The first kappa shape index (κ1) is 21.4. The molecule has 2 rings (SSSR count). The summed E-state index contributed by atoms with van der Waals surface area (Å²) >= 11 is 1.26. The van der Waals surface area contributed by atoms with Crippen molar-refractivity contribution in [2.24, 2.45) is 0 Å². The minimum atomic E-state index is -3.53. The van der Waals surface area contributed by atoms with Crippen LogP contribution in [0, 0.1) is 6.92 Å². The van der Waals surface area contributed by atoms with Gasteiger partial charge in [0.1, 0.15) is 10.6 Å². The van der Waals surface area contributed by atoms with Gasteiger partial charge in [-0.15, -0.1) is 0 Å². The Morgan fingerprint density at radius 3 is 2.44 bits per heavy atom. The molecule has 1 heterocycles. The zero-order valence-corrected chi connectivity index (χ0v) is 17.6. The fourth-order valence-electron chi connectivity index (χ4n) is 2.57. The topological polar surface area (TPSA) is 76.6 Å². The number of sulfonamides is 1. The minimum absolute atomic E-state index is 0.0674. The molecule has 0 fully saturated rings. The highest BCUT2D eigenvalue weighted by molar-refractivity contribution is 7.99. The smallest absolute Gasteiger partial charge is 0.244 e. The highest BCUT2D eigenvalue weighted by atomic mass is 32.2. The lowest BCUT2D eigenvalue weighted by atomic mass is 10.1. The lowest BCUT2D eigenvalue weighted by Gasteiger charge is -2.18. The van der Waals surface area contributed by atoms with Crippen molar-refractivity contribution < 1.29 is 17.9 Å². The van der Waals surface area contributed by atoms with Crippen LogP contribution in [0.4, 0.5) is 0 Å². The molecule has 2 aromatic rings. The number of pyridine rings is 1. The van der Waals surface area contributed by atoms with Crippen molar-refractivity contribution in [2.45, 2.75) is 30.7 Å². The predicted octanol–water partition coefficient (Wildman–Crippen LogP) is 3.40. The summed E-state index contributed by atoms with van der Waals surface area (Å²) in [6.45, 7) is 6.32. The van der Waals surface area contributed by atoms with E-state index < -0.39 is 10.0 Å². The average Bonchev–Trinajstić information content (AvgIpc) is 2.67. The molecular weight excluding hydrogens is 384 g/mol. The van der Waals surface area contributed by atoms with Crippen LogP contribution < -0.4 is 4.74 Å². The highest BCUT2D eigenvalue weighted by Gasteiger charge is 2.22. The maximum Gasteiger partial charge on any atom is 0.244 e. The first-order chi connectivity index (χ1) is 12.8. The fraction of sp³-hybridized carbons (Fsp3) is 0.368. The van der Waals surface area contributed by atoms with Crippen molar-refractivity contribution in [3.63, 3.8) is 0 Å². The van der Waals surface area contributed by atoms with Crippen molar-refractivity contribution in [1.29, 1.82) is 0 Å². The Bertz CT molecular complexity index is 892. The van der Waals surface area contributed by atoms with E-state index in [0.717, 1.165) is 5.56 Å². The predicted molar refractivity (Wildman–Crippen MR) is 107 cm³/mol. The molecule has 146 valence electrons. The van der Waals surface area contributed by atoms with Gasteiger partial charge in [-0.2, -0.15) is 4.31 Å². The normalized spacial score (nSPS) is 11.6. The van der Waals surface area contributed by atoms with Crippen LogP contribution in [-0.4, -0.2) is 49.4 Å². The van der Waals surface area contributed by atoms with Crippen molar-refractivity contribution in [1.82, 2.24) is 9.29 Å². The summed E-state index contributed by atoms with van der Waals surface area (Å²) in [6.07, 6.45) is 1.34. The number of hydrogen-bond donors (Lipinski definition) is 0. The Labute approximate surface area is 165 Å². The second-order valence-corrected chi connectivity index (χ2v) is 8.77. The molecule has 6 nitrogen and oxygen atoms in total. The van der Waals surface area contributed by atoms with Crippen molar-refractivity contribution in [3.8, 4) is 5.75 Å². The number of carbonyl (C=O) groups excluding carboxylic acids is 1. The van der Waals surface area contributed by atoms with Gasteiger partial charge >= 0.3 is 0 Å². The number of carbonyl (C=O) groups is 1. The number of hydrogen-bond acceptors (Lipinski definition) is 6. The maximum absolute atomic E-state index is 12.5. The Hall–Kier alpha value is -1.90. The molecule has 0 aliphatic carbocycles. The van der Waals surface area contributed by atoms with Crippen LogP contribution in [0.25, 0.3) is 0 Å². The molecule has 0 unspecified atom stereocenters. The molecule has 0 saturated heterocycles. The van der Waals surface area contributed by atoms with E-state index in [9.17, 15) is 13.2 Å². The van der Waals surface area contributed by atoms with Crippen molar-refractivity contribution in [2.75, 3.05) is 26.0 Å². The zero-order valence-electron chi connectivity index (χ0n) is 15.9. The molecule has 0 N–H and O–H groups in total. The van der Waals surface area contributed by atoms with Gasteiger partial charge in [-0.3, -0.25) is 4.79 Å². The first-order valence-electron chi connectivity index (χ1n) is 8.60. The lowest BCUT2D eigenvalue weighted by molar-refractivity contribution is 0.101. The molecule has 0 atom stereocenters. The molecule has 0 aliphatic rings. The van der Waals surface area contributed by atoms with Crippen LogP contribution in [0.15, 0.2) is 46.5 Å². The SMILES string of the molecule is CCN(CC)S(=O)(=O)c1ccc(SCC(=O)c2cc(C)ccc2OC)nc1. The summed E-state index contributed by atoms with van der Waals surface area (Å²) in [5, 5.41) is 0.591. The van der Waals surface area contributed by atoms with Crippen LogP contribution in [0.1, 0.15) is 29.8 Å². The summed E-state index contributed by atoms with van der Waals surface area (Å²) < 4.78 is 31.6. The Morgan fingerprint density at radius 2 is 1.89 bits per heavy atom. The molecule has 0 amide bonds. The number of aromatic nitrogens is 1. The van der Waals surface area contributed by atoms with Gasteiger partial charge in [0.05, 0.1) is 23.5 Å². The lowest BCUT2D eigenvalue weighted by Crippen LogP contribution is -2.30. The molecule has 1 aromatic heterocycles. The van der Waals surface area contributed by atoms with Crippen LogP contribution in [0.3, 0.4) is 0 Å². The van der Waals surface area contributed by atoms with E-state index in [0.29, 0.717) is 29.4 Å². The van der Waals surface area contributed by atoms with Crippen LogP contribution in [0.5, 0.6) is 5.75 Å². The molecular formula is C19H24N2O4S2. The van der Waals surface area contributed by atoms with E-state index in [4.69, 9.17) is 4.74 Å². The van der Waals surface area contributed by atoms with Gasteiger partial charge in [-0.1, -0.05) is 37.2 Å². The van der Waals surface area contributed by atoms with Gasteiger partial charge in [-0.05, 0) is 31.2 Å². The number of ether oxygens (including phenoxy) is 1. The van der Waals surface area contributed by atoms with Crippen LogP contribution in [0.2, 0.25) is 0 Å². The third kappa shape index (κ3) is 5.09. The summed E-state index contributed by atoms with van der Waals surface area (Å²) in [6, 6.07) is 8.62. The molecule has 8 heteroatoms. The molecule has 27 heavy (non-hydrogen) atoms. The van der Waals surface area contributed by atoms with E-state index in [2.05, 4.69) is 4.98 Å². The summed E-state index contributed by atoms with van der Waals surface area (Å²) in [5.41, 5.74) is 1.51.